The highest BCUT2D eigenvalue weighted by molar-refractivity contribution is 5.85. The number of aryl methyl sites for hydroxylation is 1. The molecule has 1 aromatic carbocycles. The van der Waals surface area contributed by atoms with E-state index < -0.39 is 23.7 Å². The number of rotatable bonds is 6. The van der Waals surface area contributed by atoms with Crippen molar-refractivity contribution in [2.75, 3.05) is 7.11 Å². The van der Waals surface area contributed by atoms with E-state index in [4.69, 9.17) is 9.26 Å². The van der Waals surface area contributed by atoms with E-state index >= 15 is 0 Å². The first-order valence-electron chi connectivity index (χ1n) is 6.68. The summed E-state index contributed by atoms with van der Waals surface area (Å²) in [4.78, 5) is 23.3. The second kappa shape index (κ2) is 6.91. The van der Waals surface area contributed by atoms with Gasteiger partial charge in [0.15, 0.2) is 17.6 Å². The highest BCUT2D eigenvalue weighted by atomic mass is 19.1. The van der Waals surface area contributed by atoms with E-state index in [9.17, 15) is 19.1 Å². The molecular formula is C15H15FN2O5. The third kappa shape index (κ3) is 4.06. The number of ether oxygens (including phenoxy) is 1. The summed E-state index contributed by atoms with van der Waals surface area (Å²) in [7, 11) is 1.30. The number of hydrogen-bond acceptors (Lipinski definition) is 5. The minimum atomic E-state index is -1.38. The highest BCUT2D eigenvalue weighted by Gasteiger charge is 2.23. The van der Waals surface area contributed by atoms with E-state index in [1.54, 1.807) is 13.0 Å². The van der Waals surface area contributed by atoms with Crippen LogP contribution in [0, 0.1) is 12.7 Å². The summed E-state index contributed by atoms with van der Waals surface area (Å²) >= 11 is 0. The highest BCUT2D eigenvalue weighted by Crippen LogP contribution is 2.22. The van der Waals surface area contributed by atoms with E-state index in [1.165, 1.54) is 19.2 Å². The Morgan fingerprint density at radius 2 is 2.17 bits per heavy atom. The Balaban J connectivity index is 2.13. The van der Waals surface area contributed by atoms with Crippen LogP contribution in [0.25, 0.3) is 0 Å². The van der Waals surface area contributed by atoms with Crippen LogP contribution in [0.4, 0.5) is 4.39 Å². The molecule has 0 aliphatic carbocycles. The Hall–Kier alpha value is -2.90. The van der Waals surface area contributed by atoms with Gasteiger partial charge in [-0.1, -0.05) is 11.2 Å². The molecule has 1 heterocycles. The molecule has 122 valence electrons. The van der Waals surface area contributed by atoms with Gasteiger partial charge in [0.05, 0.1) is 19.2 Å². The molecule has 1 aromatic heterocycles. The average molecular weight is 322 g/mol. The van der Waals surface area contributed by atoms with Crippen molar-refractivity contribution in [3.8, 4) is 5.75 Å². The maximum Gasteiger partial charge on any atom is 0.330 e. The SMILES string of the molecule is COc1ccc(C(NC(=O)Cc2cc(C)on2)C(=O)O)cc1F. The van der Waals surface area contributed by atoms with Gasteiger partial charge >= 0.3 is 5.97 Å². The summed E-state index contributed by atoms with van der Waals surface area (Å²) in [6, 6.07) is 3.88. The van der Waals surface area contributed by atoms with Crippen LogP contribution < -0.4 is 10.1 Å². The lowest BCUT2D eigenvalue weighted by Gasteiger charge is -2.15. The van der Waals surface area contributed by atoms with Crippen molar-refractivity contribution in [2.24, 2.45) is 0 Å². The second-order valence-electron chi connectivity index (χ2n) is 4.84. The topological polar surface area (TPSA) is 102 Å². The van der Waals surface area contributed by atoms with E-state index in [1.807, 2.05) is 0 Å². The summed E-state index contributed by atoms with van der Waals surface area (Å²) in [5, 5.41) is 15.2. The molecule has 2 aromatic rings. The predicted octanol–water partition coefficient (Wildman–Crippen LogP) is 1.62. The number of carbonyl (C=O) groups is 2. The number of carboxylic acid groups (broad SMARTS) is 1. The van der Waals surface area contributed by atoms with Crippen molar-refractivity contribution in [1.29, 1.82) is 0 Å². The Morgan fingerprint density at radius 3 is 2.70 bits per heavy atom. The van der Waals surface area contributed by atoms with Gasteiger partial charge in [-0.15, -0.1) is 0 Å². The monoisotopic (exact) mass is 322 g/mol. The van der Waals surface area contributed by atoms with Crippen molar-refractivity contribution in [2.45, 2.75) is 19.4 Å². The molecule has 0 saturated heterocycles. The quantitative estimate of drug-likeness (QED) is 0.838. The smallest absolute Gasteiger partial charge is 0.330 e. The number of methoxy groups -OCH3 is 1. The first-order chi connectivity index (χ1) is 10.9. The maximum absolute atomic E-state index is 13.7. The summed E-state index contributed by atoms with van der Waals surface area (Å²) in [5.41, 5.74) is 0.477. The second-order valence-corrected chi connectivity index (χ2v) is 4.84. The molecule has 0 radical (unpaired) electrons. The molecule has 1 atom stereocenters. The molecule has 0 bridgehead atoms. The predicted molar refractivity (Wildman–Crippen MR) is 76.4 cm³/mol. The molecule has 0 spiro atoms. The van der Waals surface area contributed by atoms with Crippen molar-refractivity contribution in [3.63, 3.8) is 0 Å². The van der Waals surface area contributed by atoms with Gasteiger partial charge in [-0.3, -0.25) is 4.79 Å². The number of hydrogen-bond donors (Lipinski definition) is 2. The van der Waals surface area contributed by atoms with E-state index in [0.29, 0.717) is 11.5 Å². The number of carboxylic acids is 1. The van der Waals surface area contributed by atoms with E-state index in [2.05, 4.69) is 10.5 Å². The van der Waals surface area contributed by atoms with Crippen LogP contribution in [0.2, 0.25) is 0 Å². The van der Waals surface area contributed by atoms with Crippen LogP contribution in [-0.2, 0) is 16.0 Å². The molecule has 2 N–H and O–H groups in total. The molecule has 7 nitrogen and oxygen atoms in total. The number of benzene rings is 1. The third-order valence-electron chi connectivity index (χ3n) is 3.08. The van der Waals surface area contributed by atoms with Crippen molar-refractivity contribution in [1.82, 2.24) is 10.5 Å². The number of nitrogens with one attached hydrogen (secondary N) is 1. The third-order valence-corrected chi connectivity index (χ3v) is 3.08. The lowest BCUT2D eigenvalue weighted by Crippen LogP contribution is -2.34. The molecule has 1 amide bonds. The zero-order valence-corrected chi connectivity index (χ0v) is 12.5. The summed E-state index contributed by atoms with van der Waals surface area (Å²) < 4.78 is 23.3. The fraction of sp³-hybridized carbons (Fsp3) is 0.267. The molecule has 8 heteroatoms. The lowest BCUT2D eigenvalue weighted by atomic mass is 10.1. The van der Waals surface area contributed by atoms with E-state index in [0.717, 1.165) is 6.07 Å². The van der Waals surface area contributed by atoms with Gasteiger partial charge in [0.25, 0.3) is 0 Å². The molecule has 0 aliphatic heterocycles. The van der Waals surface area contributed by atoms with Gasteiger partial charge in [0.1, 0.15) is 5.76 Å². The zero-order valence-electron chi connectivity index (χ0n) is 12.5. The minimum absolute atomic E-state index is 0.0118. The van der Waals surface area contributed by atoms with Crippen LogP contribution in [0.5, 0.6) is 5.75 Å². The van der Waals surface area contributed by atoms with Gasteiger partial charge < -0.3 is 19.7 Å². The number of amides is 1. The first kappa shape index (κ1) is 16.5. The summed E-state index contributed by atoms with van der Waals surface area (Å²) in [5.74, 6) is -2.05. The normalized spacial score (nSPS) is 11.8. The van der Waals surface area contributed by atoms with Gasteiger partial charge in [-0.25, -0.2) is 9.18 Å². The molecule has 0 aliphatic rings. The fourth-order valence-electron chi connectivity index (χ4n) is 2.03. The van der Waals surface area contributed by atoms with Crippen LogP contribution in [0.3, 0.4) is 0 Å². The Kier molecular flexibility index (Phi) is 4.95. The van der Waals surface area contributed by atoms with Crippen LogP contribution >= 0.6 is 0 Å². The average Bonchev–Trinajstić information content (AvgIpc) is 2.89. The number of halogens is 1. The number of carbonyl (C=O) groups excluding carboxylic acids is 1. The van der Waals surface area contributed by atoms with Crippen molar-refractivity contribution < 1.29 is 28.3 Å². The molecule has 2 rings (SSSR count). The van der Waals surface area contributed by atoms with Crippen LogP contribution in [0.15, 0.2) is 28.8 Å². The van der Waals surface area contributed by atoms with E-state index in [-0.39, 0.29) is 17.7 Å². The van der Waals surface area contributed by atoms with Gasteiger partial charge in [0.2, 0.25) is 5.91 Å². The minimum Gasteiger partial charge on any atom is -0.494 e. The van der Waals surface area contributed by atoms with Gasteiger partial charge in [-0.05, 0) is 24.6 Å². The summed E-state index contributed by atoms with van der Waals surface area (Å²) in [6.07, 6.45) is -0.139. The zero-order chi connectivity index (χ0) is 17.0. The Morgan fingerprint density at radius 1 is 1.43 bits per heavy atom. The largest absolute Gasteiger partial charge is 0.494 e. The van der Waals surface area contributed by atoms with Gasteiger partial charge in [0, 0.05) is 6.07 Å². The first-order valence-corrected chi connectivity index (χ1v) is 6.68. The number of nitrogens with zero attached hydrogens (tertiary/aromatic N) is 1. The van der Waals surface area contributed by atoms with Gasteiger partial charge in [-0.2, -0.15) is 0 Å². The molecular weight excluding hydrogens is 307 g/mol. The van der Waals surface area contributed by atoms with Crippen molar-refractivity contribution in [3.05, 3.63) is 47.1 Å². The van der Waals surface area contributed by atoms with Crippen LogP contribution in [-0.4, -0.2) is 29.2 Å². The number of aromatic nitrogens is 1. The Labute approximate surface area is 131 Å². The molecule has 23 heavy (non-hydrogen) atoms. The van der Waals surface area contributed by atoms with Crippen molar-refractivity contribution >= 4 is 11.9 Å². The lowest BCUT2D eigenvalue weighted by molar-refractivity contribution is -0.142. The standard InChI is InChI=1S/C15H15FN2O5/c1-8-5-10(18-23-8)7-13(19)17-14(15(20)21)9-3-4-12(22-2)11(16)6-9/h3-6,14H,7H2,1-2H3,(H,17,19)(H,20,21). The summed E-state index contributed by atoms with van der Waals surface area (Å²) in [6.45, 7) is 1.68. The number of aliphatic carboxylic acids is 1. The molecule has 0 saturated carbocycles. The fourth-order valence-corrected chi connectivity index (χ4v) is 2.03. The molecule has 0 fully saturated rings. The Bertz CT molecular complexity index is 728. The maximum atomic E-state index is 13.7. The van der Waals surface area contributed by atoms with Crippen LogP contribution in [0.1, 0.15) is 23.1 Å². The molecule has 1 unspecified atom stereocenters.